The van der Waals surface area contributed by atoms with Crippen molar-refractivity contribution in [2.45, 2.75) is 18.4 Å². The number of carbonyl (C=O) groups excluding carboxylic acids is 2. The van der Waals surface area contributed by atoms with Crippen LogP contribution in [0.15, 0.2) is 24.3 Å². The number of hydrogen-bond acceptors (Lipinski definition) is 3. The maximum absolute atomic E-state index is 12.2. The minimum atomic E-state index is -0.771. The number of nitrogens with zero attached hydrogens (tertiary/aromatic N) is 1. The molecule has 1 aromatic carbocycles. The fourth-order valence-electron chi connectivity index (χ4n) is 2.84. The maximum atomic E-state index is 12.2. The van der Waals surface area contributed by atoms with Crippen LogP contribution in [0, 0.1) is 0 Å². The lowest BCUT2D eigenvalue weighted by Crippen LogP contribution is -2.56. The zero-order chi connectivity index (χ0) is 13.5. The summed E-state index contributed by atoms with van der Waals surface area (Å²) < 4.78 is 0. The van der Waals surface area contributed by atoms with Crippen LogP contribution in [-0.2, 0) is 4.79 Å². The normalized spacial score (nSPS) is 20.8. The van der Waals surface area contributed by atoms with E-state index in [0.29, 0.717) is 23.6 Å². The number of anilines is 1. The Balaban J connectivity index is 0.00000147. The first-order valence-electron chi connectivity index (χ1n) is 6.25. The van der Waals surface area contributed by atoms with Gasteiger partial charge in [-0.25, -0.2) is 4.79 Å². The molecular formula is C13H15Cl2N3O2. The van der Waals surface area contributed by atoms with Crippen molar-refractivity contribution in [3.8, 4) is 0 Å². The lowest BCUT2D eigenvalue weighted by atomic mass is 9.86. The van der Waals surface area contributed by atoms with Crippen molar-refractivity contribution in [3.05, 3.63) is 29.3 Å². The van der Waals surface area contributed by atoms with Gasteiger partial charge in [-0.3, -0.25) is 15.0 Å². The Labute approximate surface area is 128 Å². The minimum absolute atomic E-state index is 0. The van der Waals surface area contributed by atoms with Gasteiger partial charge in [0.25, 0.3) is 5.91 Å². The van der Waals surface area contributed by atoms with Crippen molar-refractivity contribution in [1.82, 2.24) is 10.6 Å². The predicted molar refractivity (Wildman–Crippen MR) is 79.6 cm³/mol. The van der Waals surface area contributed by atoms with Gasteiger partial charge in [0.05, 0.1) is 0 Å². The van der Waals surface area contributed by atoms with Crippen LogP contribution in [-0.4, -0.2) is 30.6 Å². The number of piperidine rings is 1. The monoisotopic (exact) mass is 315 g/mol. The number of imide groups is 1. The van der Waals surface area contributed by atoms with Gasteiger partial charge in [-0.15, -0.1) is 12.4 Å². The average Bonchev–Trinajstić information content (AvgIpc) is 2.62. The molecule has 2 aliphatic heterocycles. The molecule has 1 spiro atoms. The van der Waals surface area contributed by atoms with Crippen molar-refractivity contribution in [1.29, 1.82) is 0 Å². The first-order chi connectivity index (χ1) is 9.13. The van der Waals surface area contributed by atoms with E-state index >= 15 is 0 Å². The molecule has 3 amide bonds. The van der Waals surface area contributed by atoms with Crippen molar-refractivity contribution < 1.29 is 9.59 Å². The van der Waals surface area contributed by atoms with Crippen LogP contribution in [0.4, 0.5) is 10.5 Å². The molecule has 0 aromatic heterocycles. The quantitative estimate of drug-likeness (QED) is 0.779. The van der Waals surface area contributed by atoms with Gasteiger partial charge in [0.1, 0.15) is 5.54 Å². The van der Waals surface area contributed by atoms with Crippen molar-refractivity contribution in [3.63, 3.8) is 0 Å². The second-order valence-corrected chi connectivity index (χ2v) is 5.29. The fourth-order valence-corrected chi connectivity index (χ4v) is 3.02. The molecule has 2 saturated heterocycles. The molecule has 2 N–H and O–H groups in total. The first kappa shape index (κ1) is 15.1. The van der Waals surface area contributed by atoms with E-state index in [1.165, 1.54) is 0 Å². The number of halogens is 2. The molecule has 0 unspecified atom stereocenters. The van der Waals surface area contributed by atoms with Crippen LogP contribution in [0.3, 0.4) is 0 Å². The molecule has 2 fully saturated rings. The highest BCUT2D eigenvalue weighted by molar-refractivity contribution is 6.31. The van der Waals surface area contributed by atoms with Crippen LogP contribution in [0.25, 0.3) is 0 Å². The summed E-state index contributed by atoms with van der Waals surface area (Å²) in [6, 6.07) is 6.67. The maximum Gasteiger partial charge on any atom is 0.329 e. The second-order valence-electron chi connectivity index (χ2n) is 4.86. The summed E-state index contributed by atoms with van der Waals surface area (Å²) in [4.78, 5) is 25.9. The van der Waals surface area contributed by atoms with E-state index in [4.69, 9.17) is 11.6 Å². The molecule has 7 heteroatoms. The Morgan fingerprint density at radius 1 is 1.20 bits per heavy atom. The molecule has 0 atom stereocenters. The SMILES string of the molecule is Cl.O=C1NC(=O)C2(CCNCC2)N1c1cccc(Cl)c1. The van der Waals surface area contributed by atoms with Crippen LogP contribution < -0.4 is 15.5 Å². The smallest absolute Gasteiger partial charge is 0.317 e. The van der Waals surface area contributed by atoms with E-state index in [-0.39, 0.29) is 24.3 Å². The number of amides is 3. The predicted octanol–water partition coefficient (Wildman–Crippen LogP) is 1.94. The number of nitrogens with one attached hydrogen (secondary N) is 2. The van der Waals surface area contributed by atoms with Crippen molar-refractivity contribution >= 4 is 41.6 Å². The van der Waals surface area contributed by atoms with Gasteiger partial charge in [0.15, 0.2) is 0 Å². The highest BCUT2D eigenvalue weighted by Crippen LogP contribution is 2.36. The Bertz CT molecular complexity index is 544. The van der Waals surface area contributed by atoms with E-state index in [9.17, 15) is 9.59 Å². The van der Waals surface area contributed by atoms with Crippen LogP contribution in [0.5, 0.6) is 0 Å². The van der Waals surface area contributed by atoms with Gasteiger partial charge in [-0.2, -0.15) is 0 Å². The fraction of sp³-hybridized carbons (Fsp3) is 0.385. The molecule has 2 heterocycles. The van der Waals surface area contributed by atoms with E-state index < -0.39 is 5.54 Å². The molecule has 0 saturated carbocycles. The van der Waals surface area contributed by atoms with Crippen LogP contribution in [0.2, 0.25) is 5.02 Å². The number of urea groups is 1. The summed E-state index contributed by atoms with van der Waals surface area (Å²) in [6.45, 7) is 1.44. The summed E-state index contributed by atoms with van der Waals surface area (Å²) in [5.74, 6) is -0.209. The summed E-state index contributed by atoms with van der Waals surface area (Å²) >= 11 is 5.98. The van der Waals surface area contributed by atoms with Crippen LogP contribution in [0.1, 0.15) is 12.8 Å². The lowest BCUT2D eigenvalue weighted by molar-refractivity contribution is -0.124. The Kier molecular flexibility index (Phi) is 4.22. The zero-order valence-electron chi connectivity index (χ0n) is 10.7. The topological polar surface area (TPSA) is 61.4 Å². The zero-order valence-corrected chi connectivity index (χ0v) is 12.3. The van der Waals surface area contributed by atoms with Gasteiger partial charge in [0.2, 0.25) is 0 Å². The largest absolute Gasteiger partial charge is 0.329 e. The van der Waals surface area contributed by atoms with Gasteiger partial charge in [-0.1, -0.05) is 17.7 Å². The Morgan fingerprint density at radius 3 is 2.55 bits per heavy atom. The second kappa shape index (κ2) is 5.60. The van der Waals surface area contributed by atoms with Gasteiger partial charge < -0.3 is 5.32 Å². The van der Waals surface area contributed by atoms with E-state index in [1.54, 1.807) is 29.2 Å². The van der Waals surface area contributed by atoms with E-state index in [1.807, 2.05) is 0 Å². The number of carbonyl (C=O) groups is 2. The van der Waals surface area contributed by atoms with Gasteiger partial charge in [-0.05, 0) is 44.1 Å². The van der Waals surface area contributed by atoms with Crippen LogP contribution >= 0.6 is 24.0 Å². The summed E-state index contributed by atoms with van der Waals surface area (Å²) in [6.07, 6.45) is 1.22. The molecule has 20 heavy (non-hydrogen) atoms. The minimum Gasteiger partial charge on any atom is -0.317 e. The number of benzene rings is 1. The summed E-state index contributed by atoms with van der Waals surface area (Å²) in [5.41, 5.74) is -0.106. The lowest BCUT2D eigenvalue weighted by Gasteiger charge is -2.38. The molecular weight excluding hydrogens is 301 g/mol. The van der Waals surface area contributed by atoms with Gasteiger partial charge >= 0.3 is 6.03 Å². The molecule has 3 rings (SSSR count). The highest BCUT2D eigenvalue weighted by Gasteiger charge is 2.53. The molecule has 0 bridgehead atoms. The van der Waals surface area contributed by atoms with Gasteiger partial charge in [0, 0.05) is 10.7 Å². The first-order valence-corrected chi connectivity index (χ1v) is 6.63. The Morgan fingerprint density at radius 2 is 1.90 bits per heavy atom. The Hall–Kier alpha value is -1.30. The van der Waals surface area contributed by atoms with E-state index in [0.717, 1.165) is 13.1 Å². The molecule has 0 aliphatic carbocycles. The highest BCUT2D eigenvalue weighted by atomic mass is 35.5. The average molecular weight is 316 g/mol. The standard InChI is InChI=1S/C13H14ClN3O2.ClH/c14-9-2-1-3-10(8-9)17-12(19)16-11(18)13(17)4-6-15-7-5-13;/h1-3,8,15H,4-7H2,(H,16,18,19);1H. The van der Waals surface area contributed by atoms with E-state index in [2.05, 4.69) is 10.6 Å². The summed E-state index contributed by atoms with van der Waals surface area (Å²) in [7, 11) is 0. The number of hydrogen-bond donors (Lipinski definition) is 2. The molecule has 0 radical (unpaired) electrons. The third-order valence-corrected chi connectivity index (χ3v) is 4.01. The van der Waals surface area contributed by atoms with Crippen molar-refractivity contribution in [2.75, 3.05) is 18.0 Å². The third kappa shape index (κ3) is 2.26. The number of rotatable bonds is 1. The van der Waals surface area contributed by atoms with Crippen molar-refractivity contribution in [2.24, 2.45) is 0 Å². The molecule has 2 aliphatic rings. The molecule has 5 nitrogen and oxygen atoms in total. The third-order valence-electron chi connectivity index (χ3n) is 3.77. The molecule has 108 valence electrons. The molecule has 1 aromatic rings. The summed E-state index contributed by atoms with van der Waals surface area (Å²) in [5, 5.41) is 6.18.